The van der Waals surface area contributed by atoms with Crippen molar-refractivity contribution < 1.29 is 14.4 Å². The summed E-state index contributed by atoms with van der Waals surface area (Å²) in [6, 6.07) is 14.5. The number of non-ortho nitro benzene ring substituents is 1. The van der Waals surface area contributed by atoms with Crippen molar-refractivity contribution in [3.63, 3.8) is 0 Å². The molecule has 3 aromatic rings. The molecule has 2 unspecified atom stereocenters. The Morgan fingerprint density at radius 3 is 2.81 bits per heavy atom. The molecule has 1 aromatic heterocycles. The number of ether oxygens (including phenoxy) is 2. The fourth-order valence-corrected chi connectivity index (χ4v) is 5.56. The second-order valence-electron chi connectivity index (χ2n) is 9.37. The number of nitro benzene ring substituents is 1. The monoisotopic (exact) mass is 483 g/mol. The molecule has 3 fully saturated rings. The van der Waals surface area contributed by atoms with Gasteiger partial charge in [-0.25, -0.2) is 0 Å². The minimum Gasteiger partial charge on any atom is -0.497 e. The molecule has 3 aliphatic heterocycles. The molecule has 0 aliphatic carbocycles. The summed E-state index contributed by atoms with van der Waals surface area (Å²) in [7, 11) is 1.67. The van der Waals surface area contributed by atoms with E-state index >= 15 is 0 Å². The molecule has 3 saturated heterocycles. The number of rotatable bonds is 7. The molecule has 2 aromatic carbocycles. The van der Waals surface area contributed by atoms with Gasteiger partial charge in [-0.2, -0.15) is 0 Å². The summed E-state index contributed by atoms with van der Waals surface area (Å²) in [6.45, 7) is 6.36. The van der Waals surface area contributed by atoms with Crippen molar-refractivity contribution in [3.8, 4) is 17.6 Å². The highest BCUT2D eigenvalue weighted by molar-refractivity contribution is 5.84. The Kier molecular flexibility index (Phi) is 6.99. The van der Waals surface area contributed by atoms with Crippen molar-refractivity contribution >= 4 is 16.6 Å². The third-order valence-corrected chi connectivity index (χ3v) is 7.44. The Labute approximate surface area is 210 Å². The third-order valence-electron chi connectivity index (χ3n) is 7.44. The molecular formula is C29H29N3O4. The van der Waals surface area contributed by atoms with Crippen molar-refractivity contribution in [1.29, 1.82) is 0 Å². The lowest BCUT2D eigenvalue weighted by molar-refractivity contribution is -0.384. The summed E-state index contributed by atoms with van der Waals surface area (Å²) in [5, 5.41) is 11.9. The van der Waals surface area contributed by atoms with Crippen molar-refractivity contribution in [2.24, 2.45) is 11.8 Å². The van der Waals surface area contributed by atoms with E-state index in [1.54, 1.807) is 19.2 Å². The first-order valence-corrected chi connectivity index (χ1v) is 12.2. The number of aromatic nitrogens is 1. The summed E-state index contributed by atoms with van der Waals surface area (Å²) < 4.78 is 12.0. The number of methoxy groups -OCH3 is 1. The summed E-state index contributed by atoms with van der Waals surface area (Å²) in [6.07, 6.45) is 6.00. The molecular weight excluding hydrogens is 454 g/mol. The molecule has 5 atom stereocenters. The van der Waals surface area contributed by atoms with Gasteiger partial charge in [-0.1, -0.05) is 17.9 Å². The molecule has 7 nitrogen and oxygen atoms in total. The number of pyridine rings is 1. The van der Waals surface area contributed by atoms with Crippen LogP contribution in [-0.2, 0) is 4.74 Å². The van der Waals surface area contributed by atoms with Crippen LogP contribution in [-0.4, -0.2) is 47.7 Å². The molecule has 36 heavy (non-hydrogen) atoms. The van der Waals surface area contributed by atoms with E-state index in [1.807, 2.05) is 30.5 Å². The summed E-state index contributed by atoms with van der Waals surface area (Å²) in [5.41, 5.74) is 2.76. The molecule has 0 radical (unpaired) electrons. The number of fused-ring (bicyclic) bond motifs is 4. The van der Waals surface area contributed by atoms with Crippen LogP contribution in [0.1, 0.15) is 30.1 Å². The minimum atomic E-state index is -0.414. The molecule has 7 heteroatoms. The van der Waals surface area contributed by atoms with Gasteiger partial charge in [-0.05, 0) is 73.2 Å². The maximum absolute atomic E-state index is 10.9. The van der Waals surface area contributed by atoms with Gasteiger partial charge in [0.25, 0.3) is 5.69 Å². The number of nitro groups is 1. The normalized spacial score (nSPS) is 23.5. The predicted octanol–water partition coefficient (Wildman–Crippen LogP) is 5.16. The van der Waals surface area contributed by atoms with E-state index in [4.69, 9.17) is 9.47 Å². The van der Waals surface area contributed by atoms with Gasteiger partial charge in [-0.3, -0.25) is 20.0 Å². The zero-order valence-corrected chi connectivity index (χ0v) is 20.3. The van der Waals surface area contributed by atoms with E-state index in [2.05, 4.69) is 34.4 Å². The van der Waals surface area contributed by atoms with Gasteiger partial charge in [0.2, 0.25) is 0 Å². The number of benzene rings is 2. The molecule has 4 heterocycles. The Morgan fingerprint density at radius 2 is 2.11 bits per heavy atom. The van der Waals surface area contributed by atoms with Gasteiger partial charge < -0.3 is 9.47 Å². The molecule has 0 N–H and O–H groups in total. The summed E-state index contributed by atoms with van der Waals surface area (Å²) in [4.78, 5) is 17.6. The van der Waals surface area contributed by atoms with Crippen LogP contribution in [0, 0.1) is 33.8 Å². The van der Waals surface area contributed by atoms with E-state index in [0.717, 1.165) is 41.7 Å². The van der Waals surface area contributed by atoms with Crippen LogP contribution in [0.5, 0.6) is 5.75 Å². The standard InChI is InChI=1S/C29H29N3O4/c1-3-21-19-31-15-13-22(21)17-28(31)29(25-12-14-30-27-11-10-24(35-2)18-26(25)27)36-16-4-5-20-6-8-23(9-7-20)32(33)34/h3,6-12,14,18,21-22,28-29H,1,13,15-17,19H2,2H3/t21-,22?,28+,29-/m0/s1. The summed E-state index contributed by atoms with van der Waals surface area (Å²) >= 11 is 0. The Morgan fingerprint density at radius 1 is 1.28 bits per heavy atom. The zero-order valence-electron chi connectivity index (χ0n) is 20.3. The molecule has 3 aliphatic rings. The molecule has 184 valence electrons. The van der Waals surface area contributed by atoms with Crippen LogP contribution < -0.4 is 4.74 Å². The summed E-state index contributed by atoms with van der Waals surface area (Å²) in [5.74, 6) is 8.09. The van der Waals surface area contributed by atoms with Gasteiger partial charge in [0.05, 0.1) is 23.7 Å². The zero-order chi connectivity index (χ0) is 25.1. The molecule has 2 bridgehead atoms. The Hall–Kier alpha value is -3.73. The number of piperidine rings is 3. The smallest absolute Gasteiger partial charge is 0.269 e. The van der Waals surface area contributed by atoms with Crippen molar-refractivity contribution in [3.05, 3.63) is 88.6 Å². The van der Waals surface area contributed by atoms with E-state index < -0.39 is 4.92 Å². The predicted molar refractivity (Wildman–Crippen MR) is 139 cm³/mol. The molecule has 0 spiro atoms. The van der Waals surface area contributed by atoms with Crippen LogP contribution >= 0.6 is 0 Å². The molecule has 0 amide bonds. The number of hydrogen-bond donors (Lipinski definition) is 0. The largest absolute Gasteiger partial charge is 0.497 e. The average Bonchev–Trinajstić information content (AvgIpc) is 2.93. The highest BCUT2D eigenvalue weighted by Crippen LogP contribution is 2.43. The van der Waals surface area contributed by atoms with Crippen LogP contribution in [0.3, 0.4) is 0 Å². The van der Waals surface area contributed by atoms with E-state index in [-0.39, 0.29) is 24.4 Å². The van der Waals surface area contributed by atoms with Crippen molar-refractivity contribution in [2.75, 3.05) is 26.8 Å². The molecule has 6 rings (SSSR count). The fraction of sp³-hybridized carbons (Fsp3) is 0.345. The van der Waals surface area contributed by atoms with Gasteiger partial charge in [0, 0.05) is 41.9 Å². The quantitative estimate of drug-likeness (QED) is 0.200. The van der Waals surface area contributed by atoms with E-state index in [0.29, 0.717) is 17.4 Å². The van der Waals surface area contributed by atoms with E-state index in [9.17, 15) is 10.1 Å². The first-order chi connectivity index (χ1) is 17.6. The Bertz CT molecular complexity index is 1330. The lowest BCUT2D eigenvalue weighted by Gasteiger charge is -2.51. The van der Waals surface area contributed by atoms with E-state index in [1.165, 1.54) is 18.6 Å². The van der Waals surface area contributed by atoms with Crippen LogP contribution in [0.2, 0.25) is 0 Å². The average molecular weight is 484 g/mol. The fourth-order valence-electron chi connectivity index (χ4n) is 5.56. The van der Waals surface area contributed by atoms with Crippen LogP contribution in [0.4, 0.5) is 5.69 Å². The van der Waals surface area contributed by atoms with Crippen LogP contribution in [0.15, 0.2) is 67.4 Å². The first kappa shape index (κ1) is 24.0. The highest BCUT2D eigenvalue weighted by atomic mass is 16.6. The van der Waals surface area contributed by atoms with Gasteiger partial charge >= 0.3 is 0 Å². The van der Waals surface area contributed by atoms with Gasteiger partial charge in [0.15, 0.2) is 0 Å². The van der Waals surface area contributed by atoms with Crippen molar-refractivity contribution in [1.82, 2.24) is 9.88 Å². The number of hydrogen-bond acceptors (Lipinski definition) is 6. The topological polar surface area (TPSA) is 77.7 Å². The first-order valence-electron chi connectivity index (χ1n) is 12.2. The second kappa shape index (κ2) is 10.5. The molecule has 0 saturated carbocycles. The Balaban J connectivity index is 1.44. The van der Waals surface area contributed by atoms with Crippen molar-refractivity contribution in [2.45, 2.75) is 25.0 Å². The van der Waals surface area contributed by atoms with Crippen LogP contribution in [0.25, 0.3) is 10.9 Å². The lowest BCUT2D eigenvalue weighted by Crippen LogP contribution is -2.55. The van der Waals surface area contributed by atoms with Gasteiger partial charge in [0.1, 0.15) is 12.4 Å². The maximum atomic E-state index is 10.9. The number of nitrogens with zero attached hydrogens (tertiary/aromatic N) is 3. The third kappa shape index (κ3) is 4.83. The van der Waals surface area contributed by atoms with Gasteiger partial charge in [-0.15, -0.1) is 6.58 Å². The SMILES string of the molecule is C=C[C@H]1CN2CCC1C[C@@H]2[C@@H](OCC#Cc1ccc([N+](=O)[O-])cc1)c1ccnc2ccc(OC)cc12. The second-order valence-corrected chi connectivity index (χ2v) is 9.37. The maximum Gasteiger partial charge on any atom is 0.269 e. The lowest BCUT2D eigenvalue weighted by atomic mass is 9.73. The highest BCUT2D eigenvalue weighted by Gasteiger charge is 2.43. The minimum absolute atomic E-state index is 0.0519.